The van der Waals surface area contributed by atoms with Crippen molar-refractivity contribution in [1.29, 1.82) is 0 Å². The van der Waals surface area contributed by atoms with Crippen molar-refractivity contribution in [2.24, 2.45) is 5.92 Å². The Bertz CT molecular complexity index is 809. The van der Waals surface area contributed by atoms with Gasteiger partial charge < -0.3 is 15.1 Å². The van der Waals surface area contributed by atoms with Gasteiger partial charge in [0, 0.05) is 50.5 Å². The topological polar surface area (TPSA) is 52.7 Å². The number of carbonyl (C=O) groups is 2. The number of likely N-dealkylation sites (N-methyl/N-ethyl adjacent to an activating group) is 1. The van der Waals surface area contributed by atoms with Crippen LogP contribution in [0.2, 0.25) is 0 Å². The van der Waals surface area contributed by atoms with E-state index in [0.29, 0.717) is 13.1 Å². The summed E-state index contributed by atoms with van der Waals surface area (Å²) in [6, 6.07) is 12.7. The largest absolute Gasteiger partial charge is 0.373 e. The zero-order valence-corrected chi connectivity index (χ0v) is 15.0. The van der Waals surface area contributed by atoms with Gasteiger partial charge in [0.25, 0.3) is 0 Å². The summed E-state index contributed by atoms with van der Waals surface area (Å²) < 4.78 is 26.8. The zero-order chi connectivity index (χ0) is 19.4. The Kier molecular flexibility index (Phi) is 5.69. The maximum atomic E-state index is 13.4. The Hall–Kier alpha value is -2.96. The third-order valence-corrected chi connectivity index (χ3v) is 4.60. The van der Waals surface area contributed by atoms with Crippen LogP contribution in [0.15, 0.2) is 48.5 Å². The zero-order valence-electron chi connectivity index (χ0n) is 15.0. The normalized spacial score (nSPS) is 16.5. The smallest absolute Gasteiger partial charge is 0.227 e. The number of halogens is 2. The number of hydrogen-bond acceptors (Lipinski definition) is 3. The summed E-state index contributed by atoms with van der Waals surface area (Å²) in [4.78, 5) is 27.8. The highest BCUT2D eigenvalue weighted by Crippen LogP contribution is 2.26. The molecular weight excluding hydrogens is 352 g/mol. The first-order chi connectivity index (χ1) is 12.9. The second kappa shape index (κ2) is 8.16. The van der Waals surface area contributed by atoms with E-state index in [9.17, 15) is 18.4 Å². The van der Waals surface area contributed by atoms with E-state index in [4.69, 9.17) is 0 Å². The van der Waals surface area contributed by atoms with Crippen LogP contribution in [0.4, 0.5) is 20.2 Å². The highest BCUT2D eigenvalue weighted by atomic mass is 19.1. The molecule has 2 aromatic rings. The second-order valence-corrected chi connectivity index (χ2v) is 6.58. The minimum atomic E-state index is -0.755. The Morgan fingerprint density at radius 2 is 1.85 bits per heavy atom. The first-order valence-electron chi connectivity index (χ1n) is 8.74. The third kappa shape index (κ3) is 4.61. The molecule has 1 atom stereocenters. The quantitative estimate of drug-likeness (QED) is 0.847. The number of anilines is 2. The van der Waals surface area contributed by atoms with E-state index < -0.39 is 17.6 Å². The van der Waals surface area contributed by atoms with Crippen LogP contribution in [0.3, 0.4) is 0 Å². The van der Waals surface area contributed by atoms with E-state index in [1.54, 1.807) is 0 Å². The molecule has 1 N–H and O–H groups in total. The summed E-state index contributed by atoms with van der Waals surface area (Å²) in [7, 11) is 1.93. The van der Waals surface area contributed by atoms with Crippen molar-refractivity contribution in [2.45, 2.75) is 6.42 Å². The van der Waals surface area contributed by atoms with Gasteiger partial charge in [-0.1, -0.05) is 18.2 Å². The molecule has 1 aliphatic heterocycles. The second-order valence-electron chi connectivity index (χ2n) is 6.58. The van der Waals surface area contributed by atoms with Gasteiger partial charge in [0.05, 0.1) is 5.92 Å². The van der Waals surface area contributed by atoms with Crippen molar-refractivity contribution < 1.29 is 18.4 Å². The number of hydrogen-bond donors (Lipinski definition) is 1. The van der Waals surface area contributed by atoms with Crippen LogP contribution in [0.1, 0.15) is 6.42 Å². The van der Waals surface area contributed by atoms with E-state index in [0.717, 1.165) is 23.9 Å². The van der Waals surface area contributed by atoms with Crippen LogP contribution in [0.25, 0.3) is 0 Å². The van der Waals surface area contributed by atoms with Crippen molar-refractivity contribution in [2.75, 3.05) is 36.5 Å². The van der Waals surface area contributed by atoms with Crippen molar-refractivity contribution in [1.82, 2.24) is 5.32 Å². The van der Waals surface area contributed by atoms with Crippen LogP contribution >= 0.6 is 0 Å². The number of para-hydroxylation sites is 1. The van der Waals surface area contributed by atoms with E-state index in [-0.39, 0.29) is 30.5 Å². The van der Waals surface area contributed by atoms with Crippen molar-refractivity contribution in [3.05, 3.63) is 60.2 Å². The molecule has 5 nitrogen and oxygen atoms in total. The minimum Gasteiger partial charge on any atom is -0.373 e. The fourth-order valence-electron chi connectivity index (χ4n) is 3.13. The van der Waals surface area contributed by atoms with Gasteiger partial charge in [0.1, 0.15) is 11.6 Å². The van der Waals surface area contributed by atoms with E-state index in [2.05, 4.69) is 5.32 Å². The first-order valence-corrected chi connectivity index (χ1v) is 8.74. The highest BCUT2D eigenvalue weighted by Gasteiger charge is 2.35. The van der Waals surface area contributed by atoms with E-state index in [1.165, 1.54) is 4.90 Å². The molecule has 1 unspecified atom stereocenters. The lowest BCUT2D eigenvalue weighted by Gasteiger charge is -2.20. The van der Waals surface area contributed by atoms with Gasteiger partial charge in [-0.25, -0.2) is 8.78 Å². The molecule has 1 aliphatic rings. The molecule has 142 valence electrons. The standard InChI is InChI=1S/C20H21F2N3O2/c1-24(17-5-3-2-4-6-17)8-7-23-20(27)14-9-19(26)25(13-14)18-11-15(21)10-16(22)12-18/h2-6,10-12,14H,7-9,13H2,1H3,(H,23,27). The lowest BCUT2D eigenvalue weighted by molar-refractivity contribution is -0.126. The fraction of sp³-hybridized carbons (Fsp3) is 0.300. The van der Waals surface area contributed by atoms with Crippen molar-refractivity contribution in [3.8, 4) is 0 Å². The molecule has 0 bridgehead atoms. The van der Waals surface area contributed by atoms with Crippen molar-refractivity contribution >= 4 is 23.2 Å². The summed E-state index contributed by atoms with van der Waals surface area (Å²) in [5, 5.41) is 2.83. The Labute approximate surface area is 156 Å². The molecule has 1 heterocycles. The predicted octanol–water partition coefficient (Wildman–Crippen LogP) is 2.57. The summed E-state index contributed by atoms with van der Waals surface area (Å²) in [6.45, 7) is 1.17. The van der Waals surface area contributed by atoms with Gasteiger partial charge in [-0.05, 0) is 24.3 Å². The minimum absolute atomic E-state index is 0.0263. The first kappa shape index (κ1) is 18.8. The van der Waals surface area contributed by atoms with Crippen LogP contribution in [0, 0.1) is 17.6 Å². The van der Waals surface area contributed by atoms with Gasteiger partial charge in [-0.15, -0.1) is 0 Å². The molecule has 0 radical (unpaired) electrons. The van der Waals surface area contributed by atoms with Gasteiger partial charge in [0.2, 0.25) is 11.8 Å². The number of carbonyl (C=O) groups excluding carboxylic acids is 2. The lowest BCUT2D eigenvalue weighted by atomic mass is 10.1. The molecule has 1 fully saturated rings. The number of nitrogens with one attached hydrogen (secondary N) is 1. The van der Waals surface area contributed by atoms with Gasteiger partial charge in [-0.3, -0.25) is 9.59 Å². The Morgan fingerprint density at radius 1 is 1.19 bits per heavy atom. The molecular formula is C20H21F2N3O2. The van der Waals surface area contributed by atoms with E-state index in [1.807, 2.05) is 42.3 Å². The fourth-order valence-corrected chi connectivity index (χ4v) is 3.13. The molecule has 1 saturated heterocycles. The summed E-state index contributed by atoms with van der Waals surface area (Å²) in [5.74, 6) is -2.60. The van der Waals surface area contributed by atoms with Crippen LogP contribution in [0.5, 0.6) is 0 Å². The Balaban J connectivity index is 1.53. The SMILES string of the molecule is CN(CCNC(=O)C1CC(=O)N(c2cc(F)cc(F)c2)C1)c1ccccc1. The number of benzene rings is 2. The van der Waals surface area contributed by atoms with Gasteiger partial charge >= 0.3 is 0 Å². The molecule has 2 aromatic carbocycles. The molecule has 27 heavy (non-hydrogen) atoms. The average molecular weight is 373 g/mol. The molecule has 7 heteroatoms. The maximum Gasteiger partial charge on any atom is 0.227 e. The summed E-state index contributed by atoms with van der Waals surface area (Å²) >= 11 is 0. The molecule has 0 aromatic heterocycles. The van der Waals surface area contributed by atoms with Crippen molar-refractivity contribution in [3.63, 3.8) is 0 Å². The number of amides is 2. The summed E-state index contributed by atoms with van der Waals surface area (Å²) in [6.07, 6.45) is 0.0263. The van der Waals surface area contributed by atoms with E-state index >= 15 is 0 Å². The third-order valence-electron chi connectivity index (χ3n) is 4.60. The van der Waals surface area contributed by atoms with Gasteiger partial charge in [0.15, 0.2) is 0 Å². The summed E-state index contributed by atoms with van der Waals surface area (Å²) in [5.41, 5.74) is 1.18. The number of rotatable bonds is 6. The molecule has 3 rings (SSSR count). The molecule has 0 saturated carbocycles. The monoisotopic (exact) mass is 373 g/mol. The van der Waals surface area contributed by atoms with Crippen LogP contribution in [-0.2, 0) is 9.59 Å². The molecule has 0 spiro atoms. The Morgan fingerprint density at radius 3 is 2.52 bits per heavy atom. The molecule has 0 aliphatic carbocycles. The number of nitrogens with zero attached hydrogens (tertiary/aromatic N) is 2. The maximum absolute atomic E-state index is 13.4. The predicted molar refractivity (Wildman–Crippen MR) is 99.5 cm³/mol. The van der Waals surface area contributed by atoms with Crippen LogP contribution < -0.4 is 15.1 Å². The average Bonchev–Trinajstić information content (AvgIpc) is 3.03. The highest BCUT2D eigenvalue weighted by molar-refractivity contribution is 6.00. The van der Waals surface area contributed by atoms with Crippen LogP contribution in [-0.4, -0.2) is 38.5 Å². The molecule has 2 amide bonds. The van der Waals surface area contributed by atoms with Gasteiger partial charge in [-0.2, -0.15) is 0 Å². The lowest BCUT2D eigenvalue weighted by Crippen LogP contribution is -2.37.